The molecule has 1 saturated carbocycles. The second kappa shape index (κ2) is 5.31. The van der Waals surface area contributed by atoms with Crippen LogP contribution < -0.4 is 0 Å². The molecule has 3 fully saturated rings. The van der Waals surface area contributed by atoms with Crippen LogP contribution in [0.3, 0.4) is 0 Å². The zero-order chi connectivity index (χ0) is 16.2. The van der Waals surface area contributed by atoms with Gasteiger partial charge in [0.25, 0.3) is 10.0 Å². The number of nitrogens with zero attached hydrogens (tertiary/aromatic N) is 4. The van der Waals surface area contributed by atoms with Crippen molar-refractivity contribution in [2.24, 2.45) is 13.0 Å². The molecule has 8 heteroatoms. The first kappa shape index (κ1) is 15.1. The second-order valence-electron chi connectivity index (χ2n) is 6.94. The highest BCUT2D eigenvalue weighted by Crippen LogP contribution is 2.38. The summed E-state index contributed by atoms with van der Waals surface area (Å²) in [5.74, 6) is 0.814. The molecule has 126 valence electrons. The number of hydrogen-bond acceptors (Lipinski definition) is 4. The maximum absolute atomic E-state index is 12.9. The molecule has 3 aliphatic rings. The van der Waals surface area contributed by atoms with Crippen molar-refractivity contribution in [3.63, 3.8) is 0 Å². The van der Waals surface area contributed by atoms with Gasteiger partial charge in [-0.25, -0.2) is 13.4 Å². The van der Waals surface area contributed by atoms with Gasteiger partial charge in [-0.15, -0.1) is 0 Å². The van der Waals surface area contributed by atoms with Gasteiger partial charge in [-0.1, -0.05) is 0 Å². The largest absolute Gasteiger partial charge is 0.339 e. The lowest BCUT2D eigenvalue weighted by atomic mass is 9.96. The van der Waals surface area contributed by atoms with Gasteiger partial charge in [0.2, 0.25) is 5.91 Å². The molecule has 4 rings (SSSR count). The van der Waals surface area contributed by atoms with E-state index in [1.165, 1.54) is 19.2 Å². The molecule has 0 spiro atoms. The molecule has 0 aromatic carbocycles. The van der Waals surface area contributed by atoms with Crippen LogP contribution in [0.2, 0.25) is 0 Å². The van der Waals surface area contributed by atoms with Gasteiger partial charge in [0.15, 0.2) is 5.03 Å². The van der Waals surface area contributed by atoms with Crippen molar-refractivity contribution < 1.29 is 13.2 Å². The van der Waals surface area contributed by atoms with E-state index in [0.29, 0.717) is 25.3 Å². The molecule has 0 N–H and O–H groups in total. The van der Waals surface area contributed by atoms with Crippen molar-refractivity contribution in [1.29, 1.82) is 0 Å². The summed E-state index contributed by atoms with van der Waals surface area (Å²) < 4.78 is 29.0. The lowest BCUT2D eigenvalue weighted by molar-refractivity contribution is -0.137. The van der Waals surface area contributed by atoms with Gasteiger partial charge >= 0.3 is 0 Å². The third-order valence-electron chi connectivity index (χ3n) is 5.24. The number of hydrogen-bond donors (Lipinski definition) is 0. The number of sulfonamides is 1. The fraction of sp³-hybridized carbons (Fsp3) is 0.733. The summed E-state index contributed by atoms with van der Waals surface area (Å²) in [6, 6.07) is -0.0613. The number of aromatic nitrogens is 2. The zero-order valence-electron chi connectivity index (χ0n) is 13.3. The predicted octanol–water partition coefficient (Wildman–Crippen LogP) is 0.584. The maximum Gasteiger partial charge on any atom is 0.262 e. The van der Waals surface area contributed by atoms with E-state index in [1.54, 1.807) is 22.1 Å². The number of fused-ring (bicyclic) bond motifs is 1. The van der Waals surface area contributed by atoms with Gasteiger partial charge in [-0.05, 0) is 31.6 Å². The van der Waals surface area contributed by atoms with Gasteiger partial charge in [0.1, 0.15) is 0 Å². The van der Waals surface area contributed by atoms with Crippen LogP contribution in [0.25, 0.3) is 0 Å². The fourth-order valence-corrected chi connectivity index (χ4v) is 5.53. The summed E-state index contributed by atoms with van der Waals surface area (Å²) in [5, 5.41) is 0.103. The van der Waals surface area contributed by atoms with Crippen LogP contribution in [-0.2, 0) is 21.9 Å². The summed E-state index contributed by atoms with van der Waals surface area (Å²) in [6.07, 6.45) is 7.23. The second-order valence-corrected chi connectivity index (χ2v) is 8.78. The number of imidazole rings is 1. The molecule has 0 bridgehead atoms. The molecule has 1 aliphatic carbocycles. The summed E-state index contributed by atoms with van der Waals surface area (Å²) in [6.45, 7) is 1.28. The first-order valence-electron chi connectivity index (χ1n) is 8.26. The van der Waals surface area contributed by atoms with Gasteiger partial charge < -0.3 is 9.47 Å². The molecule has 7 nitrogen and oxygen atoms in total. The highest BCUT2D eigenvalue weighted by atomic mass is 32.2. The van der Waals surface area contributed by atoms with Crippen LogP contribution in [0, 0.1) is 5.92 Å². The Balaban J connectivity index is 1.59. The average Bonchev–Trinajstić information content (AvgIpc) is 3.03. The monoisotopic (exact) mass is 338 g/mol. The van der Waals surface area contributed by atoms with Crippen molar-refractivity contribution in [2.45, 2.75) is 49.2 Å². The van der Waals surface area contributed by atoms with Crippen molar-refractivity contribution >= 4 is 15.9 Å². The number of amides is 1. The predicted molar refractivity (Wildman–Crippen MR) is 83.0 cm³/mol. The Bertz CT molecular complexity index is 725. The average molecular weight is 338 g/mol. The smallest absolute Gasteiger partial charge is 0.262 e. The van der Waals surface area contributed by atoms with Crippen LogP contribution in [0.5, 0.6) is 0 Å². The standard InChI is InChI=1S/C15H22N4O3S/c1-17-9-14(16-10-17)23(21,22)19-7-6-12-13(19)4-5-15(20)18(12)8-11-2-3-11/h9-13H,2-8H2,1H3/t12-,13-/m1/s1. The Morgan fingerprint density at radius 3 is 2.65 bits per heavy atom. The molecule has 0 radical (unpaired) electrons. The van der Waals surface area contributed by atoms with Crippen molar-refractivity contribution in [1.82, 2.24) is 18.8 Å². The normalized spacial score (nSPS) is 29.1. The van der Waals surface area contributed by atoms with Crippen LogP contribution in [0.15, 0.2) is 17.6 Å². The minimum absolute atomic E-state index is 0.0373. The van der Waals surface area contributed by atoms with Gasteiger partial charge in [0, 0.05) is 44.8 Å². The lowest BCUT2D eigenvalue weighted by Crippen LogP contribution is -2.53. The quantitative estimate of drug-likeness (QED) is 0.805. The number of likely N-dealkylation sites (tertiary alicyclic amines) is 1. The first-order chi connectivity index (χ1) is 11.0. The summed E-state index contributed by atoms with van der Waals surface area (Å²) in [4.78, 5) is 18.2. The van der Waals surface area contributed by atoms with E-state index in [-0.39, 0.29) is 23.0 Å². The molecule has 2 atom stereocenters. The Labute approximate surface area is 136 Å². The summed E-state index contributed by atoms with van der Waals surface area (Å²) in [7, 11) is -1.82. The van der Waals surface area contributed by atoms with E-state index < -0.39 is 10.0 Å². The Morgan fingerprint density at radius 2 is 2.00 bits per heavy atom. The number of rotatable bonds is 4. The molecule has 2 saturated heterocycles. The van der Waals surface area contributed by atoms with Gasteiger partial charge in [0.05, 0.1) is 6.33 Å². The molecule has 1 amide bonds. The third kappa shape index (κ3) is 2.57. The van der Waals surface area contributed by atoms with Crippen molar-refractivity contribution in [2.75, 3.05) is 13.1 Å². The number of aryl methyl sites for hydroxylation is 1. The van der Waals surface area contributed by atoms with Crippen molar-refractivity contribution in [3.05, 3.63) is 12.5 Å². The fourth-order valence-electron chi connectivity index (χ4n) is 3.87. The number of carbonyl (C=O) groups is 1. The molecule has 2 aliphatic heterocycles. The topological polar surface area (TPSA) is 75.5 Å². The molecular weight excluding hydrogens is 316 g/mol. The van der Waals surface area contributed by atoms with Crippen LogP contribution in [0.4, 0.5) is 0 Å². The zero-order valence-corrected chi connectivity index (χ0v) is 14.1. The molecule has 23 heavy (non-hydrogen) atoms. The van der Waals surface area contributed by atoms with E-state index in [0.717, 1.165) is 13.0 Å². The Morgan fingerprint density at radius 1 is 1.22 bits per heavy atom. The lowest BCUT2D eigenvalue weighted by Gasteiger charge is -2.39. The molecule has 0 unspecified atom stereocenters. The van der Waals surface area contributed by atoms with E-state index in [1.807, 2.05) is 4.90 Å². The molecular formula is C15H22N4O3S. The Hall–Kier alpha value is -1.41. The van der Waals surface area contributed by atoms with Gasteiger partial charge in [-0.3, -0.25) is 4.79 Å². The number of carbonyl (C=O) groups excluding carboxylic acids is 1. The third-order valence-corrected chi connectivity index (χ3v) is 7.05. The summed E-state index contributed by atoms with van der Waals surface area (Å²) in [5.41, 5.74) is 0. The van der Waals surface area contributed by atoms with E-state index in [9.17, 15) is 13.2 Å². The Kier molecular flexibility index (Phi) is 3.49. The van der Waals surface area contributed by atoms with Crippen LogP contribution in [0.1, 0.15) is 32.1 Å². The highest BCUT2D eigenvalue weighted by molar-refractivity contribution is 7.89. The molecule has 1 aromatic rings. The SMILES string of the molecule is Cn1cnc(S(=O)(=O)N2CC[C@@H]3[C@H]2CCC(=O)N3CC2CC2)c1. The number of piperidine rings is 1. The minimum atomic E-state index is -3.58. The van der Waals surface area contributed by atoms with Crippen LogP contribution >= 0.6 is 0 Å². The summed E-state index contributed by atoms with van der Waals surface area (Å²) >= 11 is 0. The van der Waals surface area contributed by atoms with Crippen molar-refractivity contribution in [3.8, 4) is 0 Å². The molecule has 1 aromatic heterocycles. The van der Waals surface area contributed by atoms with E-state index in [2.05, 4.69) is 4.98 Å². The highest BCUT2D eigenvalue weighted by Gasteiger charge is 2.48. The van der Waals surface area contributed by atoms with Gasteiger partial charge in [-0.2, -0.15) is 4.31 Å². The maximum atomic E-state index is 12.9. The van der Waals surface area contributed by atoms with Crippen LogP contribution in [-0.4, -0.2) is 58.3 Å². The molecule has 3 heterocycles. The van der Waals surface area contributed by atoms with E-state index in [4.69, 9.17) is 0 Å². The van der Waals surface area contributed by atoms with E-state index >= 15 is 0 Å². The minimum Gasteiger partial charge on any atom is -0.339 e. The first-order valence-corrected chi connectivity index (χ1v) is 9.70.